The van der Waals surface area contributed by atoms with E-state index in [0.29, 0.717) is 17.9 Å². The van der Waals surface area contributed by atoms with Crippen LogP contribution in [0.1, 0.15) is 32.3 Å². The minimum atomic E-state index is -3.15. The van der Waals surface area contributed by atoms with Crippen molar-refractivity contribution in [3.05, 3.63) is 29.8 Å². The summed E-state index contributed by atoms with van der Waals surface area (Å²) in [7, 11) is -3.15. The maximum atomic E-state index is 12.1. The average molecular weight is 269 g/mol. The van der Waals surface area contributed by atoms with Crippen LogP contribution >= 0.6 is 0 Å². The molecule has 0 fully saturated rings. The molecule has 0 radical (unpaired) electrons. The third-order valence-electron chi connectivity index (χ3n) is 3.17. The van der Waals surface area contributed by atoms with Crippen molar-refractivity contribution in [2.24, 2.45) is 11.1 Å². The summed E-state index contributed by atoms with van der Waals surface area (Å²) in [6, 6.07) is 7.07. The average Bonchev–Trinajstić information content (AvgIpc) is 2.28. The zero-order valence-corrected chi connectivity index (χ0v) is 12.3. The molecular formula is C14H23NO2S. The predicted octanol–water partition coefficient (Wildman–Crippen LogP) is 2.53. The van der Waals surface area contributed by atoms with Crippen LogP contribution in [0.3, 0.4) is 0 Å². The fourth-order valence-electron chi connectivity index (χ4n) is 1.77. The monoisotopic (exact) mass is 269 g/mol. The van der Waals surface area contributed by atoms with Gasteiger partial charge < -0.3 is 5.73 Å². The molecule has 18 heavy (non-hydrogen) atoms. The van der Waals surface area contributed by atoms with Gasteiger partial charge in [0.25, 0.3) is 0 Å². The van der Waals surface area contributed by atoms with Gasteiger partial charge in [0.2, 0.25) is 0 Å². The van der Waals surface area contributed by atoms with E-state index < -0.39 is 9.84 Å². The molecule has 2 N–H and O–H groups in total. The van der Waals surface area contributed by atoms with E-state index in [4.69, 9.17) is 5.73 Å². The molecule has 102 valence electrons. The lowest BCUT2D eigenvalue weighted by molar-refractivity contribution is 0.344. The molecule has 0 aliphatic carbocycles. The Hall–Kier alpha value is -0.870. The first-order valence-corrected chi connectivity index (χ1v) is 7.92. The molecule has 1 rings (SSSR count). The molecule has 0 aliphatic heterocycles. The minimum Gasteiger partial charge on any atom is -0.330 e. The molecule has 1 aromatic carbocycles. The second kappa shape index (κ2) is 5.85. The first-order chi connectivity index (χ1) is 8.27. The molecule has 0 saturated heterocycles. The zero-order valence-electron chi connectivity index (χ0n) is 11.4. The van der Waals surface area contributed by atoms with Gasteiger partial charge in [-0.05, 0) is 49.4 Å². The van der Waals surface area contributed by atoms with E-state index in [9.17, 15) is 8.42 Å². The first kappa shape index (κ1) is 15.2. The minimum absolute atomic E-state index is 0.0160. The lowest BCUT2D eigenvalue weighted by atomic mass is 9.88. The van der Waals surface area contributed by atoms with Crippen molar-refractivity contribution in [3.8, 4) is 0 Å². The van der Waals surface area contributed by atoms with Crippen LogP contribution in [-0.2, 0) is 9.84 Å². The Morgan fingerprint density at radius 2 is 1.94 bits per heavy atom. The SMILES string of the molecule is Cc1cccc(S(=O)(=O)CCCC(C)(C)CN)c1. The van der Waals surface area contributed by atoms with Crippen LogP contribution in [0.2, 0.25) is 0 Å². The van der Waals surface area contributed by atoms with Gasteiger partial charge in [-0.2, -0.15) is 0 Å². The zero-order chi connectivity index (χ0) is 13.8. The largest absolute Gasteiger partial charge is 0.330 e. The molecule has 0 saturated carbocycles. The Morgan fingerprint density at radius 3 is 2.50 bits per heavy atom. The van der Waals surface area contributed by atoms with Crippen LogP contribution < -0.4 is 5.73 Å². The number of aryl methyl sites for hydroxylation is 1. The van der Waals surface area contributed by atoms with Gasteiger partial charge in [0.15, 0.2) is 9.84 Å². The van der Waals surface area contributed by atoms with Crippen molar-refractivity contribution in [1.29, 1.82) is 0 Å². The highest BCUT2D eigenvalue weighted by molar-refractivity contribution is 7.91. The summed E-state index contributed by atoms with van der Waals surface area (Å²) < 4.78 is 24.3. The Kier molecular flexibility index (Phi) is 4.93. The van der Waals surface area contributed by atoms with Gasteiger partial charge in [-0.25, -0.2) is 8.42 Å². The van der Waals surface area contributed by atoms with E-state index in [0.717, 1.165) is 12.0 Å². The number of nitrogens with two attached hydrogens (primary N) is 1. The predicted molar refractivity (Wildman–Crippen MR) is 75.3 cm³/mol. The highest BCUT2D eigenvalue weighted by Crippen LogP contribution is 2.22. The number of rotatable bonds is 6. The Labute approximate surface area is 110 Å². The van der Waals surface area contributed by atoms with Gasteiger partial charge in [-0.1, -0.05) is 26.0 Å². The number of sulfone groups is 1. The van der Waals surface area contributed by atoms with Gasteiger partial charge >= 0.3 is 0 Å². The highest BCUT2D eigenvalue weighted by atomic mass is 32.2. The van der Waals surface area contributed by atoms with Gasteiger partial charge in [0, 0.05) is 0 Å². The summed E-state index contributed by atoms with van der Waals surface area (Å²) in [6.07, 6.45) is 1.48. The van der Waals surface area contributed by atoms with Crippen molar-refractivity contribution in [1.82, 2.24) is 0 Å². The number of hydrogen-bond donors (Lipinski definition) is 1. The van der Waals surface area contributed by atoms with Crippen molar-refractivity contribution >= 4 is 9.84 Å². The third-order valence-corrected chi connectivity index (χ3v) is 4.97. The highest BCUT2D eigenvalue weighted by Gasteiger charge is 2.19. The Balaban J connectivity index is 2.67. The smallest absolute Gasteiger partial charge is 0.178 e. The van der Waals surface area contributed by atoms with Crippen molar-refractivity contribution in [2.75, 3.05) is 12.3 Å². The van der Waals surface area contributed by atoms with Gasteiger partial charge in [0.05, 0.1) is 10.6 Å². The van der Waals surface area contributed by atoms with E-state index in [1.807, 2.05) is 13.0 Å². The molecule has 0 unspecified atom stereocenters. The van der Waals surface area contributed by atoms with E-state index in [1.165, 1.54) is 0 Å². The molecule has 0 heterocycles. The summed E-state index contributed by atoms with van der Waals surface area (Å²) in [4.78, 5) is 0.424. The summed E-state index contributed by atoms with van der Waals surface area (Å²) in [5.41, 5.74) is 6.62. The molecule has 0 atom stereocenters. The summed E-state index contributed by atoms with van der Waals surface area (Å²) in [6.45, 7) is 6.60. The molecule has 1 aromatic rings. The molecule has 0 bridgehead atoms. The number of hydrogen-bond acceptors (Lipinski definition) is 3. The van der Waals surface area contributed by atoms with Crippen molar-refractivity contribution in [3.63, 3.8) is 0 Å². The Bertz CT molecular complexity index is 492. The third kappa shape index (κ3) is 4.42. The molecule has 0 spiro atoms. The van der Waals surface area contributed by atoms with Crippen LogP contribution in [-0.4, -0.2) is 20.7 Å². The van der Waals surface area contributed by atoms with Gasteiger partial charge in [-0.3, -0.25) is 0 Å². The fourth-order valence-corrected chi connectivity index (χ4v) is 3.18. The number of benzene rings is 1. The van der Waals surface area contributed by atoms with Crippen molar-refractivity contribution < 1.29 is 8.42 Å². The standard InChI is InChI=1S/C14H23NO2S/c1-12-6-4-7-13(10-12)18(16,17)9-5-8-14(2,3)11-15/h4,6-7,10H,5,8-9,11,15H2,1-3H3. The maximum Gasteiger partial charge on any atom is 0.178 e. The van der Waals surface area contributed by atoms with Crippen LogP contribution in [0.15, 0.2) is 29.2 Å². The Morgan fingerprint density at radius 1 is 1.28 bits per heavy atom. The van der Waals surface area contributed by atoms with Crippen LogP contribution in [0.25, 0.3) is 0 Å². The van der Waals surface area contributed by atoms with E-state index in [2.05, 4.69) is 13.8 Å². The normalized spacial score (nSPS) is 12.7. The molecule has 0 aliphatic rings. The lowest BCUT2D eigenvalue weighted by Crippen LogP contribution is -2.24. The summed E-state index contributed by atoms with van der Waals surface area (Å²) in [5, 5.41) is 0. The van der Waals surface area contributed by atoms with E-state index >= 15 is 0 Å². The van der Waals surface area contributed by atoms with E-state index in [-0.39, 0.29) is 11.2 Å². The second-order valence-corrected chi connectivity index (χ2v) is 7.72. The molecule has 3 nitrogen and oxygen atoms in total. The molecular weight excluding hydrogens is 246 g/mol. The maximum absolute atomic E-state index is 12.1. The van der Waals surface area contributed by atoms with Crippen LogP contribution in [0.5, 0.6) is 0 Å². The fraction of sp³-hybridized carbons (Fsp3) is 0.571. The molecule has 4 heteroatoms. The van der Waals surface area contributed by atoms with Gasteiger partial charge in [0.1, 0.15) is 0 Å². The van der Waals surface area contributed by atoms with Crippen LogP contribution in [0.4, 0.5) is 0 Å². The topological polar surface area (TPSA) is 60.2 Å². The molecule has 0 amide bonds. The summed E-state index contributed by atoms with van der Waals surface area (Å²) in [5.74, 6) is 0.194. The second-order valence-electron chi connectivity index (χ2n) is 5.61. The first-order valence-electron chi connectivity index (χ1n) is 6.26. The van der Waals surface area contributed by atoms with Crippen molar-refractivity contribution in [2.45, 2.75) is 38.5 Å². The molecule has 0 aromatic heterocycles. The lowest BCUT2D eigenvalue weighted by Gasteiger charge is -2.21. The van der Waals surface area contributed by atoms with E-state index in [1.54, 1.807) is 18.2 Å². The van der Waals surface area contributed by atoms with Gasteiger partial charge in [-0.15, -0.1) is 0 Å². The summed E-state index contributed by atoms with van der Waals surface area (Å²) >= 11 is 0. The van der Waals surface area contributed by atoms with Crippen LogP contribution in [0, 0.1) is 12.3 Å². The quantitative estimate of drug-likeness (QED) is 0.863.